The minimum atomic E-state index is -0.237. The van der Waals surface area contributed by atoms with Crippen molar-refractivity contribution in [2.24, 2.45) is 0 Å². The third-order valence-electron chi connectivity index (χ3n) is 5.00. The van der Waals surface area contributed by atoms with E-state index in [0.717, 1.165) is 38.9 Å². The highest BCUT2D eigenvalue weighted by molar-refractivity contribution is 7.99. The maximum absolute atomic E-state index is 12.6. The number of nitrogens with one attached hydrogen (secondary N) is 1. The second-order valence-electron chi connectivity index (χ2n) is 7.22. The van der Waals surface area contributed by atoms with Gasteiger partial charge in [0.1, 0.15) is 11.1 Å². The molecule has 0 aliphatic carbocycles. The van der Waals surface area contributed by atoms with Crippen molar-refractivity contribution in [1.82, 2.24) is 10.2 Å². The Morgan fingerprint density at radius 1 is 1.09 bits per heavy atom. The number of carbonyl (C=O) groups excluding carboxylic acids is 1. The first-order valence-corrected chi connectivity index (χ1v) is 11.7. The van der Waals surface area contributed by atoms with Crippen LogP contribution in [0.4, 0.5) is 5.00 Å². The third kappa shape index (κ3) is 4.59. The molecule has 0 saturated heterocycles. The number of benzene rings is 2. The highest BCUT2D eigenvalue weighted by Gasteiger charge is 2.20. The van der Waals surface area contributed by atoms with E-state index in [9.17, 15) is 10.1 Å². The quantitative estimate of drug-likeness (QED) is 0.355. The Hall–Kier alpha value is -3.41. The molecule has 0 spiro atoms. The van der Waals surface area contributed by atoms with Gasteiger partial charge in [0.25, 0.3) is 5.22 Å². The first-order valence-electron chi connectivity index (χ1n) is 9.89. The van der Waals surface area contributed by atoms with Crippen LogP contribution in [0.1, 0.15) is 21.6 Å². The van der Waals surface area contributed by atoms with Crippen molar-refractivity contribution in [2.75, 3.05) is 11.1 Å². The van der Waals surface area contributed by atoms with Gasteiger partial charge in [-0.1, -0.05) is 48.2 Å². The van der Waals surface area contributed by atoms with Gasteiger partial charge in [0, 0.05) is 16.0 Å². The highest BCUT2D eigenvalue weighted by atomic mass is 32.2. The van der Waals surface area contributed by atoms with Gasteiger partial charge in [-0.3, -0.25) is 4.79 Å². The number of thioether (sulfide) groups is 1. The summed E-state index contributed by atoms with van der Waals surface area (Å²) in [6.07, 6.45) is 0. The average molecular weight is 461 g/mol. The summed E-state index contributed by atoms with van der Waals surface area (Å²) in [6, 6.07) is 17.9. The molecule has 0 radical (unpaired) electrons. The van der Waals surface area contributed by atoms with Crippen LogP contribution in [0.15, 0.2) is 58.2 Å². The second-order valence-corrected chi connectivity index (χ2v) is 9.38. The van der Waals surface area contributed by atoms with Crippen LogP contribution in [0, 0.1) is 32.1 Å². The lowest BCUT2D eigenvalue weighted by Crippen LogP contribution is -2.13. The molecule has 0 unspecified atom stereocenters. The number of hydrogen-bond acceptors (Lipinski definition) is 7. The van der Waals surface area contributed by atoms with E-state index < -0.39 is 0 Å². The van der Waals surface area contributed by atoms with Gasteiger partial charge in [-0.15, -0.1) is 21.5 Å². The number of aromatic nitrogens is 2. The van der Waals surface area contributed by atoms with Gasteiger partial charge in [0.15, 0.2) is 0 Å². The van der Waals surface area contributed by atoms with Crippen LogP contribution in [0.25, 0.3) is 22.6 Å². The van der Waals surface area contributed by atoms with Crippen molar-refractivity contribution in [3.63, 3.8) is 0 Å². The number of anilines is 1. The van der Waals surface area contributed by atoms with Crippen LogP contribution >= 0.6 is 23.1 Å². The van der Waals surface area contributed by atoms with E-state index >= 15 is 0 Å². The van der Waals surface area contributed by atoms with Crippen LogP contribution in [-0.4, -0.2) is 21.9 Å². The van der Waals surface area contributed by atoms with Gasteiger partial charge in [0.2, 0.25) is 11.8 Å². The van der Waals surface area contributed by atoms with Crippen LogP contribution in [0.5, 0.6) is 0 Å². The van der Waals surface area contributed by atoms with E-state index in [1.54, 1.807) is 0 Å². The molecule has 0 fully saturated rings. The fourth-order valence-corrected chi connectivity index (χ4v) is 4.85. The molecule has 2 heterocycles. The predicted molar refractivity (Wildman–Crippen MR) is 128 cm³/mol. The van der Waals surface area contributed by atoms with E-state index in [-0.39, 0.29) is 11.7 Å². The zero-order valence-corrected chi connectivity index (χ0v) is 19.4. The van der Waals surface area contributed by atoms with Crippen molar-refractivity contribution < 1.29 is 9.21 Å². The maximum Gasteiger partial charge on any atom is 0.277 e. The monoisotopic (exact) mass is 460 g/mol. The van der Waals surface area contributed by atoms with E-state index in [2.05, 4.69) is 34.6 Å². The molecule has 8 heteroatoms. The molecule has 0 saturated carbocycles. The lowest BCUT2D eigenvalue weighted by atomic mass is 9.98. The largest absolute Gasteiger partial charge is 0.411 e. The van der Waals surface area contributed by atoms with E-state index in [4.69, 9.17) is 4.42 Å². The van der Waals surface area contributed by atoms with Crippen molar-refractivity contribution in [3.05, 3.63) is 70.1 Å². The number of nitrogens with zero attached hydrogens (tertiary/aromatic N) is 3. The SMILES string of the molecule is Cc1ccc(-c2c(C)sc(NC(=O)CSc3nnc(-c4ccccc4)o3)c2C#N)cc1C. The second kappa shape index (κ2) is 9.39. The molecule has 0 atom stereocenters. The third-order valence-corrected chi connectivity index (χ3v) is 6.84. The first-order chi connectivity index (χ1) is 15.5. The summed E-state index contributed by atoms with van der Waals surface area (Å²) >= 11 is 2.56. The Balaban J connectivity index is 1.46. The molecule has 6 nitrogen and oxygen atoms in total. The summed E-state index contributed by atoms with van der Waals surface area (Å²) in [5, 5.41) is 21.6. The minimum Gasteiger partial charge on any atom is -0.411 e. The zero-order chi connectivity index (χ0) is 22.7. The van der Waals surface area contributed by atoms with Crippen molar-refractivity contribution in [1.29, 1.82) is 5.26 Å². The molecule has 1 amide bonds. The minimum absolute atomic E-state index is 0.0945. The summed E-state index contributed by atoms with van der Waals surface area (Å²) in [4.78, 5) is 13.5. The molecule has 2 aromatic heterocycles. The Bertz CT molecular complexity index is 1320. The lowest BCUT2D eigenvalue weighted by Gasteiger charge is -2.06. The summed E-state index contributed by atoms with van der Waals surface area (Å²) in [6.45, 7) is 6.07. The van der Waals surface area contributed by atoms with Gasteiger partial charge in [0.05, 0.1) is 11.3 Å². The Labute approximate surface area is 194 Å². The number of hydrogen-bond donors (Lipinski definition) is 1. The van der Waals surface area contributed by atoms with Crippen LogP contribution < -0.4 is 5.32 Å². The molecule has 0 aliphatic rings. The molecule has 1 N–H and O–H groups in total. The standard InChI is InChI=1S/C24H20N4O2S2/c1-14-9-10-18(11-15(14)2)21-16(3)32-23(19(21)12-25)26-20(29)13-31-24-28-27-22(30-24)17-7-5-4-6-8-17/h4-11H,13H2,1-3H3,(H,26,29). The Kier molecular flexibility index (Phi) is 6.40. The first kappa shape index (κ1) is 21.8. The normalized spacial score (nSPS) is 10.7. The van der Waals surface area contributed by atoms with Gasteiger partial charge in [-0.25, -0.2) is 0 Å². The molecule has 2 aromatic carbocycles. The molecule has 0 aliphatic heterocycles. The summed E-state index contributed by atoms with van der Waals surface area (Å²) in [5.41, 5.74) is 5.51. The fraction of sp³-hybridized carbons (Fsp3) is 0.167. The van der Waals surface area contributed by atoms with Crippen LogP contribution in [0.3, 0.4) is 0 Å². The van der Waals surface area contributed by atoms with Crippen LogP contribution in [-0.2, 0) is 4.79 Å². The molecule has 160 valence electrons. The van der Waals surface area contributed by atoms with E-state index in [1.807, 2.05) is 56.3 Å². The van der Waals surface area contributed by atoms with Crippen molar-refractivity contribution >= 4 is 34.0 Å². The van der Waals surface area contributed by atoms with Gasteiger partial charge < -0.3 is 9.73 Å². The molecule has 4 aromatic rings. The zero-order valence-electron chi connectivity index (χ0n) is 17.8. The fourth-order valence-electron chi connectivity index (χ4n) is 3.24. The molecule has 32 heavy (non-hydrogen) atoms. The van der Waals surface area contributed by atoms with E-state index in [0.29, 0.717) is 21.7 Å². The number of rotatable bonds is 6. The summed E-state index contributed by atoms with van der Waals surface area (Å²) in [5.74, 6) is 0.267. The predicted octanol–water partition coefficient (Wildman–Crippen LogP) is 5.99. The van der Waals surface area contributed by atoms with Crippen LogP contribution in [0.2, 0.25) is 0 Å². The molecule has 0 bridgehead atoms. The molecule has 4 rings (SSSR count). The van der Waals surface area contributed by atoms with Gasteiger partial charge in [-0.05, 0) is 49.6 Å². The number of carbonyl (C=O) groups is 1. The number of nitriles is 1. The average Bonchev–Trinajstić information content (AvgIpc) is 3.39. The maximum atomic E-state index is 12.6. The summed E-state index contributed by atoms with van der Waals surface area (Å²) in [7, 11) is 0. The smallest absolute Gasteiger partial charge is 0.277 e. The Morgan fingerprint density at radius 2 is 1.88 bits per heavy atom. The summed E-state index contributed by atoms with van der Waals surface area (Å²) < 4.78 is 5.63. The Morgan fingerprint density at radius 3 is 2.59 bits per heavy atom. The van der Waals surface area contributed by atoms with Crippen molar-refractivity contribution in [3.8, 4) is 28.7 Å². The van der Waals surface area contributed by atoms with Gasteiger partial charge >= 0.3 is 0 Å². The van der Waals surface area contributed by atoms with Crippen molar-refractivity contribution in [2.45, 2.75) is 26.0 Å². The van der Waals surface area contributed by atoms with E-state index in [1.165, 1.54) is 16.9 Å². The number of thiophene rings is 1. The lowest BCUT2D eigenvalue weighted by molar-refractivity contribution is -0.113. The topological polar surface area (TPSA) is 91.8 Å². The molecular weight excluding hydrogens is 440 g/mol. The molecular formula is C24H20N4O2S2. The number of amides is 1. The van der Waals surface area contributed by atoms with Gasteiger partial charge in [-0.2, -0.15) is 5.26 Å². The highest BCUT2D eigenvalue weighted by Crippen LogP contribution is 2.40. The number of aryl methyl sites for hydroxylation is 3.